The Labute approximate surface area is 141 Å². The maximum Gasteiger partial charge on any atom is 0.328 e. The quantitative estimate of drug-likeness (QED) is 0.414. The summed E-state index contributed by atoms with van der Waals surface area (Å²) in [6.07, 6.45) is -0.0418. The summed E-state index contributed by atoms with van der Waals surface area (Å²) in [5.74, 6) is -1.96. The number of nitro groups is 2. The van der Waals surface area contributed by atoms with Crippen LogP contribution >= 0.6 is 0 Å². The maximum atomic E-state index is 12.2. The molecule has 1 N–H and O–H groups in total. The minimum atomic E-state index is -1.17. The van der Waals surface area contributed by atoms with Gasteiger partial charge in [0.1, 0.15) is 11.8 Å². The molecule has 0 saturated carbocycles. The van der Waals surface area contributed by atoms with Crippen LogP contribution in [0, 0.1) is 20.2 Å². The first kappa shape index (κ1) is 19.7. The number of nitrogens with zero attached hydrogens (tertiary/aromatic N) is 2. The van der Waals surface area contributed by atoms with E-state index in [9.17, 15) is 34.6 Å². The number of ether oxygens (including phenoxy) is 1. The van der Waals surface area contributed by atoms with Crippen LogP contribution in [0.2, 0.25) is 0 Å². The van der Waals surface area contributed by atoms with Gasteiger partial charge < -0.3 is 14.8 Å². The number of rotatable bonds is 8. The van der Waals surface area contributed by atoms with Gasteiger partial charge in [-0.25, -0.2) is 4.79 Å². The highest BCUT2D eigenvalue weighted by atomic mass is 16.6. The molecular weight excluding hydrogens is 338 g/mol. The molecule has 0 saturated heterocycles. The van der Waals surface area contributed by atoms with E-state index in [1.165, 1.54) is 6.92 Å². The van der Waals surface area contributed by atoms with E-state index in [1.54, 1.807) is 0 Å². The summed E-state index contributed by atoms with van der Waals surface area (Å²) in [7, 11) is 1.09. The number of esters is 1. The molecule has 134 valence electrons. The standard InChI is InChI=1S/C14H15N3O8/c1-8(18)3-4-12(14(20)25-2)15-13(19)9-5-10(16(21)22)7-11(6-9)17(23)24/h5-7,12H,3-4H2,1-2H3,(H,15,19)/t12-/m1/s1. The summed E-state index contributed by atoms with van der Waals surface area (Å²) in [5.41, 5.74) is -1.65. The number of carbonyl (C=O) groups is 3. The van der Waals surface area contributed by atoms with Gasteiger partial charge in [-0.1, -0.05) is 0 Å². The third kappa shape index (κ3) is 5.64. The van der Waals surface area contributed by atoms with Crippen LogP contribution in [0.5, 0.6) is 0 Å². The second-order valence-electron chi connectivity index (χ2n) is 5.04. The number of methoxy groups -OCH3 is 1. The number of Topliss-reactive ketones (excluding diaryl/α,β-unsaturated/α-hetero) is 1. The largest absolute Gasteiger partial charge is 0.467 e. The SMILES string of the molecule is COC(=O)[C@@H](CCC(C)=O)NC(=O)c1cc([N+](=O)[O-])cc([N+](=O)[O-])c1. The van der Waals surface area contributed by atoms with E-state index >= 15 is 0 Å². The minimum Gasteiger partial charge on any atom is -0.467 e. The molecule has 1 atom stereocenters. The molecule has 1 aromatic carbocycles. The lowest BCUT2D eigenvalue weighted by atomic mass is 10.1. The van der Waals surface area contributed by atoms with Crippen LogP contribution in [0.3, 0.4) is 0 Å². The fourth-order valence-corrected chi connectivity index (χ4v) is 1.92. The molecule has 0 radical (unpaired) electrons. The fourth-order valence-electron chi connectivity index (χ4n) is 1.92. The van der Waals surface area contributed by atoms with E-state index in [1.807, 2.05) is 0 Å². The summed E-state index contributed by atoms with van der Waals surface area (Å²) >= 11 is 0. The van der Waals surface area contributed by atoms with Crippen molar-refractivity contribution in [3.05, 3.63) is 44.0 Å². The molecular formula is C14H15N3O8. The van der Waals surface area contributed by atoms with Crippen LogP contribution in [-0.2, 0) is 14.3 Å². The molecule has 0 aliphatic carbocycles. The van der Waals surface area contributed by atoms with Gasteiger partial charge in [0.25, 0.3) is 17.3 Å². The van der Waals surface area contributed by atoms with Crippen molar-refractivity contribution in [3.63, 3.8) is 0 Å². The van der Waals surface area contributed by atoms with E-state index in [-0.39, 0.29) is 24.2 Å². The third-order valence-corrected chi connectivity index (χ3v) is 3.16. The Kier molecular flexibility index (Phi) is 6.67. The minimum absolute atomic E-state index is 0.00483. The van der Waals surface area contributed by atoms with E-state index in [4.69, 9.17) is 0 Å². The zero-order valence-corrected chi connectivity index (χ0v) is 13.4. The summed E-state index contributed by atoms with van der Waals surface area (Å²) in [6.45, 7) is 1.31. The van der Waals surface area contributed by atoms with Gasteiger partial charge >= 0.3 is 5.97 Å². The average molecular weight is 353 g/mol. The van der Waals surface area contributed by atoms with Crippen LogP contribution in [0.25, 0.3) is 0 Å². The smallest absolute Gasteiger partial charge is 0.328 e. The lowest BCUT2D eigenvalue weighted by molar-refractivity contribution is -0.394. The predicted octanol–water partition coefficient (Wildman–Crippen LogP) is 1.14. The van der Waals surface area contributed by atoms with Gasteiger partial charge in [-0.15, -0.1) is 0 Å². The van der Waals surface area contributed by atoms with E-state index in [2.05, 4.69) is 10.1 Å². The number of nitro benzene ring substituents is 2. The molecule has 0 heterocycles. The normalized spacial score (nSPS) is 11.3. The summed E-state index contributed by atoms with van der Waals surface area (Å²) in [5, 5.41) is 23.9. The average Bonchev–Trinajstić information content (AvgIpc) is 2.56. The molecule has 25 heavy (non-hydrogen) atoms. The number of hydrogen-bond donors (Lipinski definition) is 1. The first-order valence-corrected chi connectivity index (χ1v) is 6.97. The van der Waals surface area contributed by atoms with Crippen LogP contribution in [0.1, 0.15) is 30.1 Å². The van der Waals surface area contributed by atoms with Crippen molar-refractivity contribution in [1.29, 1.82) is 0 Å². The second-order valence-corrected chi connectivity index (χ2v) is 5.04. The topological polar surface area (TPSA) is 159 Å². The van der Waals surface area contributed by atoms with Gasteiger partial charge in [-0.2, -0.15) is 0 Å². The number of hydrogen-bond acceptors (Lipinski definition) is 8. The van der Waals surface area contributed by atoms with Gasteiger partial charge in [0.15, 0.2) is 0 Å². The summed E-state index contributed by atoms with van der Waals surface area (Å²) in [6, 6.07) is 1.24. The molecule has 11 heteroatoms. The molecule has 0 bridgehead atoms. The zero-order chi connectivity index (χ0) is 19.1. The molecule has 1 aromatic rings. The molecule has 0 spiro atoms. The molecule has 0 aromatic heterocycles. The lowest BCUT2D eigenvalue weighted by Gasteiger charge is -2.15. The van der Waals surface area contributed by atoms with Gasteiger partial charge in [0, 0.05) is 18.6 Å². The zero-order valence-electron chi connectivity index (χ0n) is 13.4. The van der Waals surface area contributed by atoms with Crippen LogP contribution in [0.15, 0.2) is 18.2 Å². The first-order valence-electron chi connectivity index (χ1n) is 6.97. The molecule has 0 aliphatic rings. The van der Waals surface area contributed by atoms with Crippen molar-refractivity contribution in [1.82, 2.24) is 5.32 Å². The van der Waals surface area contributed by atoms with Crippen molar-refractivity contribution >= 4 is 29.0 Å². The van der Waals surface area contributed by atoms with Gasteiger partial charge in [-0.05, 0) is 13.3 Å². The lowest BCUT2D eigenvalue weighted by Crippen LogP contribution is -2.41. The predicted molar refractivity (Wildman–Crippen MR) is 82.9 cm³/mol. The number of benzene rings is 1. The Morgan fingerprint density at radius 3 is 2.04 bits per heavy atom. The summed E-state index contributed by atoms with van der Waals surface area (Å²) in [4.78, 5) is 54.9. The van der Waals surface area contributed by atoms with Crippen molar-refractivity contribution in [2.75, 3.05) is 7.11 Å². The van der Waals surface area contributed by atoms with Gasteiger partial charge in [0.05, 0.1) is 28.6 Å². The Bertz CT molecular complexity index is 699. The van der Waals surface area contributed by atoms with Crippen molar-refractivity contribution < 1.29 is 29.0 Å². The highest BCUT2D eigenvalue weighted by molar-refractivity contribution is 5.98. The van der Waals surface area contributed by atoms with Gasteiger partial charge in [0.2, 0.25) is 0 Å². The van der Waals surface area contributed by atoms with Crippen molar-refractivity contribution in [2.24, 2.45) is 0 Å². The molecule has 0 unspecified atom stereocenters. The van der Waals surface area contributed by atoms with E-state index in [0.29, 0.717) is 6.07 Å². The van der Waals surface area contributed by atoms with Crippen molar-refractivity contribution in [2.45, 2.75) is 25.8 Å². The number of carbonyl (C=O) groups excluding carboxylic acids is 3. The Morgan fingerprint density at radius 2 is 1.64 bits per heavy atom. The highest BCUT2D eigenvalue weighted by Gasteiger charge is 2.25. The monoisotopic (exact) mass is 353 g/mol. The molecule has 11 nitrogen and oxygen atoms in total. The molecule has 1 rings (SSSR count). The van der Waals surface area contributed by atoms with Crippen molar-refractivity contribution in [3.8, 4) is 0 Å². The number of amides is 1. The van der Waals surface area contributed by atoms with Crippen LogP contribution < -0.4 is 5.32 Å². The van der Waals surface area contributed by atoms with Gasteiger partial charge in [-0.3, -0.25) is 25.0 Å². The highest BCUT2D eigenvalue weighted by Crippen LogP contribution is 2.22. The van der Waals surface area contributed by atoms with E-state index < -0.39 is 39.1 Å². The Morgan fingerprint density at radius 1 is 1.12 bits per heavy atom. The maximum absolute atomic E-state index is 12.2. The van der Waals surface area contributed by atoms with Crippen LogP contribution in [0.4, 0.5) is 11.4 Å². The Balaban J connectivity index is 3.10. The second kappa shape index (κ2) is 8.47. The third-order valence-electron chi connectivity index (χ3n) is 3.16. The number of nitrogens with one attached hydrogen (secondary N) is 1. The van der Waals surface area contributed by atoms with E-state index in [0.717, 1.165) is 19.2 Å². The Hall–Kier alpha value is -3.37. The molecule has 0 fully saturated rings. The molecule has 0 aliphatic heterocycles. The summed E-state index contributed by atoms with van der Waals surface area (Å²) < 4.78 is 4.52. The van der Waals surface area contributed by atoms with Crippen LogP contribution in [-0.4, -0.2) is 40.7 Å². The number of non-ortho nitro benzene ring substituents is 2. The number of ketones is 1. The fraction of sp³-hybridized carbons (Fsp3) is 0.357. The first-order chi connectivity index (χ1) is 11.6. The molecule has 1 amide bonds.